The summed E-state index contributed by atoms with van der Waals surface area (Å²) >= 11 is 0. The number of rotatable bonds is 11. The highest BCUT2D eigenvalue weighted by molar-refractivity contribution is 7.90. The number of piperazine rings is 1. The maximum absolute atomic E-state index is 12.7. The highest BCUT2D eigenvalue weighted by Crippen LogP contribution is 2.19. The molecule has 9 heteroatoms. The van der Waals surface area contributed by atoms with Gasteiger partial charge in [-0.25, -0.2) is 4.31 Å². The van der Waals surface area contributed by atoms with Crippen LogP contribution in [0.4, 0.5) is 5.69 Å². The first-order valence-electron chi connectivity index (χ1n) is 10.7. The van der Waals surface area contributed by atoms with Crippen LogP contribution in [0.15, 0.2) is 24.3 Å². The van der Waals surface area contributed by atoms with Crippen molar-refractivity contribution in [3.8, 4) is 0 Å². The fraction of sp³-hybridized carbons (Fsp3) is 0.667. The average molecular weight is 440 g/mol. The molecule has 1 aromatic rings. The molecule has 1 heterocycles. The summed E-state index contributed by atoms with van der Waals surface area (Å²) < 4.78 is 27.7. The van der Waals surface area contributed by atoms with Crippen molar-refractivity contribution in [2.24, 2.45) is 0 Å². The Morgan fingerprint density at radius 1 is 1.03 bits per heavy atom. The summed E-state index contributed by atoms with van der Waals surface area (Å²) in [5, 5.41) is 2.87. The van der Waals surface area contributed by atoms with Gasteiger partial charge in [-0.1, -0.05) is 24.6 Å². The Morgan fingerprint density at radius 3 is 2.13 bits per heavy atom. The maximum Gasteiger partial charge on any atom is 0.304 e. The minimum atomic E-state index is -3.76. The zero-order chi connectivity index (χ0) is 22.1. The summed E-state index contributed by atoms with van der Waals surface area (Å²) in [7, 11) is -0.831. The van der Waals surface area contributed by atoms with Gasteiger partial charge in [0.2, 0.25) is 5.91 Å². The number of carbonyl (C=O) groups excluding carboxylic acids is 1. The third-order valence-electron chi connectivity index (χ3n) is 5.33. The lowest BCUT2D eigenvalue weighted by Gasteiger charge is -2.34. The second-order valence-corrected chi connectivity index (χ2v) is 10.1. The average Bonchev–Trinajstić information content (AvgIpc) is 2.71. The van der Waals surface area contributed by atoms with E-state index in [1.807, 2.05) is 19.1 Å². The first-order chi connectivity index (χ1) is 14.2. The predicted octanol–water partition coefficient (Wildman–Crippen LogP) is 1.14. The molecule has 1 saturated heterocycles. The largest absolute Gasteiger partial charge is 0.354 e. The molecule has 1 fully saturated rings. The Labute approximate surface area is 182 Å². The van der Waals surface area contributed by atoms with Gasteiger partial charge in [0.15, 0.2) is 0 Å². The highest BCUT2D eigenvalue weighted by Gasteiger charge is 2.27. The summed E-state index contributed by atoms with van der Waals surface area (Å²) in [6.07, 6.45) is 2.04. The van der Waals surface area contributed by atoms with E-state index < -0.39 is 10.2 Å². The molecule has 1 aromatic carbocycles. The molecule has 0 spiro atoms. The van der Waals surface area contributed by atoms with Gasteiger partial charge in [-0.2, -0.15) is 12.7 Å². The molecule has 1 amide bonds. The van der Waals surface area contributed by atoms with Crippen LogP contribution in [0.5, 0.6) is 0 Å². The van der Waals surface area contributed by atoms with Crippen LogP contribution in [0.3, 0.4) is 0 Å². The maximum atomic E-state index is 12.7. The van der Waals surface area contributed by atoms with Crippen molar-refractivity contribution in [2.75, 3.05) is 70.8 Å². The molecule has 170 valence electrons. The van der Waals surface area contributed by atoms with E-state index in [1.54, 1.807) is 12.1 Å². The fourth-order valence-electron chi connectivity index (χ4n) is 3.48. The number of benzene rings is 1. The smallest absolute Gasteiger partial charge is 0.304 e. The van der Waals surface area contributed by atoms with E-state index in [4.69, 9.17) is 0 Å². The van der Waals surface area contributed by atoms with Gasteiger partial charge in [0, 0.05) is 46.8 Å². The van der Waals surface area contributed by atoms with Crippen molar-refractivity contribution in [3.05, 3.63) is 29.8 Å². The molecule has 0 bridgehead atoms. The molecular weight excluding hydrogens is 402 g/mol. The van der Waals surface area contributed by atoms with Crippen molar-refractivity contribution >= 4 is 21.8 Å². The lowest BCUT2D eigenvalue weighted by Crippen LogP contribution is -2.47. The molecule has 0 unspecified atom stereocenters. The van der Waals surface area contributed by atoms with Gasteiger partial charge in [0.25, 0.3) is 0 Å². The monoisotopic (exact) mass is 439 g/mol. The summed E-state index contributed by atoms with van der Waals surface area (Å²) in [5.74, 6) is -0.297. The molecule has 30 heavy (non-hydrogen) atoms. The van der Waals surface area contributed by atoms with E-state index in [-0.39, 0.29) is 12.5 Å². The molecule has 2 rings (SSSR count). The third kappa shape index (κ3) is 7.23. The summed E-state index contributed by atoms with van der Waals surface area (Å²) in [4.78, 5) is 17.4. The second-order valence-electron chi connectivity index (χ2n) is 8.02. The topological polar surface area (TPSA) is 76.2 Å². The Morgan fingerprint density at radius 2 is 1.60 bits per heavy atom. The summed E-state index contributed by atoms with van der Waals surface area (Å²) in [5.41, 5.74) is 1.51. The van der Waals surface area contributed by atoms with E-state index in [1.165, 1.54) is 20.5 Å². The minimum absolute atomic E-state index is 0.237. The van der Waals surface area contributed by atoms with Crippen molar-refractivity contribution in [1.82, 2.24) is 19.4 Å². The van der Waals surface area contributed by atoms with E-state index in [0.29, 0.717) is 12.2 Å². The standard InChI is InChI=1S/C21H37N5O3S/c1-5-12-24-14-16-25(17-15-24)13-6-11-22-21(27)18-26(30(28,29)23(3)4)20-9-7-19(2)8-10-20/h7-10H,5-6,11-18H2,1-4H3,(H,22,27). The second kappa shape index (κ2) is 11.6. The normalized spacial score (nSPS) is 16.0. The Kier molecular flexibility index (Phi) is 9.54. The predicted molar refractivity (Wildman–Crippen MR) is 122 cm³/mol. The lowest BCUT2D eigenvalue weighted by molar-refractivity contribution is -0.119. The quantitative estimate of drug-likeness (QED) is 0.524. The van der Waals surface area contributed by atoms with Crippen LogP contribution in [-0.4, -0.2) is 94.9 Å². The SMILES string of the molecule is CCCN1CCN(CCCNC(=O)CN(c2ccc(C)cc2)S(=O)(=O)N(C)C)CC1. The van der Waals surface area contributed by atoms with Gasteiger partial charge >= 0.3 is 10.2 Å². The van der Waals surface area contributed by atoms with E-state index in [2.05, 4.69) is 22.0 Å². The van der Waals surface area contributed by atoms with Crippen molar-refractivity contribution in [1.29, 1.82) is 0 Å². The van der Waals surface area contributed by atoms with Crippen molar-refractivity contribution < 1.29 is 13.2 Å². The molecule has 8 nitrogen and oxygen atoms in total. The number of amides is 1. The minimum Gasteiger partial charge on any atom is -0.354 e. The van der Waals surface area contributed by atoms with Gasteiger partial charge in [0.05, 0.1) is 5.69 Å². The highest BCUT2D eigenvalue weighted by atomic mass is 32.2. The van der Waals surface area contributed by atoms with Crippen LogP contribution >= 0.6 is 0 Å². The van der Waals surface area contributed by atoms with Crippen LogP contribution < -0.4 is 9.62 Å². The molecule has 0 saturated carbocycles. The summed E-state index contributed by atoms with van der Waals surface area (Å²) in [6, 6.07) is 7.13. The van der Waals surface area contributed by atoms with Gasteiger partial charge in [-0.05, 0) is 45.0 Å². The number of carbonyl (C=O) groups is 1. The van der Waals surface area contributed by atoms with Crippen LogP contribution in [-0.2, 0) is 15.0 Å². The number of hydrogen-bond donors (Lipinski definition) is 1. The Balaban J connectivity index is 1.82. The van der Waals surface area contributed by atoms with Crippen LogP contribution in [0.2, 0.25) is 0 Å². The number of nitrogens with one attached hydrogen (secondary N) is 1. The molecule has 1 N–H and O–H groups in total. The van der Waals surface area contributed by atoms with E-state index in [0.717, 1.165) is 59.9 Å². The molecule has 0 aliphatic carbocycles. The lowest BCUT2D eigenvalue weighted by atomic mass is 10.2. The molecule has 0 aromatic heterocycles. The molecule has 0 radical (unpaired) electrons. The zero-order valence-corrected chi connectivity index (χ0v) is 19.6. The molecule has 0 atom stereocenters. The Hall–Kier alpha value is -1.68. The van der Waals surface area contributed by atoms with E-state index in [9.17, 15) is 13.2 Å². The fourth-order valence-corrected chi connectivity index (χ4v) is 4.55. The van der Waals surface area contributed by atoms with Crippen molar-refractivity contribution in [2.45, 2.75) is 26.7 Å². The molecule has 1 aliphatic heterocycles. The van der Waals surface area contributed by atoms with Gasteiger partial charge in [-0.15, -0.1) is 0 Å². The Bertz CT molecular complexity index is 759. The first-order valence-corrected chi connectivity index (χ1v) is 12.1. The zero-order valence-electron chi connectivity index (χ0n) is 18.8. The van der Waals surface area contributed by atoms with Crippen LogP contribution in [0.25, 0.3) is 0 Å². The number of anilines is 1. The molecular formula is C21H37N5O3S. The van der Waals surface area contributed by atoms with Gasteiger partial charge in [0.1, 0.15) is 6.54 Å². The number of aryl methyl sites for hydroxylation is 1. The summed E-state index contributed by atoms with van der Waals surface area (Å²) in [6.45, 7) is 10.9. The number of nitrogens with zero attached hydrogens (tertiary/aromatic N) is 4. The van der Waals surface area contributed by atoms with Crippen molar-refractivity contribution in [3.63, 3.8) is 0 Å². The van der Waals surface area contributed by atoms with Crippen LogP contribution in [0, 0.1) is 6.92 Å². The third-order valence-corrected chi connectivity index (χ3v) is 7.15. The number of hydrogen-bond acceptors (Lipinski definition) is 5. The molecule has 1 aliphatic rings. The van der Waals surface area contributed by atoms with E-state index >= 15 is 0 Å². The van der Waals surface area contributed by atoms with Gasteiger partial charge in [-0.3, -0.25) is 4.79 Å². The first kappa shape index (κ1) is 24.6. The van der Waals surface area contributed by atoms with Gasteiger partial charge < -0.3 is 15.1 Å². The van der Waals surface area contributed by atoms with Crippen LogP contribution in [0.1, 0.15) is 25.3 Å².